The average molecular weight is 419 g/mol. The molecule has 0 unspecified atom stereocenters. The number of carbonyl (C=O) groups is 1. The molecule has 8 nitrogen and oxygen atoms in total. The normalized spacial score (nSPS) is 21.7. The summed E-state index contributed by atoms with van der Waals surface area (Å²) in [5.41, 5.74) is 2.75. The SMILES string of the molecule is CC[C@@]1(O)C(=O)OCc2c1cc1n(c2=O)Cc2cc3c4c(ccc3nc2-1)OCN(C)C4. The van der Waals surface area contributed by atoms with Gasteiger partial charge in [-0.2, -0.15) is 0 Å². The average Bonchev–Trinajstić information content (AvgIpc) is 3.13. The first-order valence-corrected chi connectivity index (χ1v) is 10.3. The highest BCUT2D eigenvalue weighted by atomic mass is 16.6. The van der Waals surface area contributed by atoms with E-state index in [2.05, 4.69) is 11.0 Å². The number of hydrogen-bond donors (Lipinski definition) is 1. The van der Waals surface area contributed by atoms with Gasteiger partial charge in [-0.25, -0.2) is 9.78 Å². The quantitative estimate of drug-likeness (QED) is 0.471. The molecule has 0 aliphatic carbocycles. The van der Waals surface area contributed by atoms with Crippen LogP contribution in [-0.4, -0.2) is 39.3 Å². The van der Waals surface area contributed by atoms with E-state index in [0.717, 1.165) is 34.3 Å². The molecule has 0 spiro atoms. The van der Waals surface area contributed by atoms with E-state index < -0.39 is 11.6 Å². The van der Waals surface area contributed by atoms with E-state index in [1.165, 1.54) is 0 Å². The predicted molar refractivity (Wildman–Crippen MR) is 111 cm³/mol. The number of nitrogens with zero attached hydrogens (tertiary/aromatic N) is 3. The van der Waals surface area contributed by atoms with Crippen molar-refractivity contribution in [2.45, 2.75) is 38.6 Å². The molecule has 31 heavy (non-hydrogen) atoms. The lowest BCUT2D eigenvalue weighted by Gasteiger charge is -2.31. The maximum atomic E-state index is 13.3. The van der Waals surface area contributed by atoms with Crippen molar-refractivity contribution in [3.63, 3.8) is 0 Å². The number of carbonyl (C=O) groups excluding carboxylic acids is 1. The summed E-state index contributed by atoms with van der Waals surface area (Å²) in [4.78, 5) is 32.5. The number of hydrogen-bond acceptors (Lipinski definition) is 7. The zero-order valence-electron chi connectivity index (χ0n) is 17.3. The first kappa shape index (κ1) is 18.5. The molecule has 0 saturated heterocycles. The van der Waals surface area contributed by atoms with Crippen LogP contribution in [0.1, 0.15) is 35.6 Å². The minimum absolute atomic E-state index is 0.124. The molecule has 1 aromatic carbocycles. The van der Waals surface area contributed by atoms with Gasteiger partial charge in [0.25, 0.3) is 5.56 Å². The monoisotopic (exact) mass is 419 g/mol. The summed E-state index contributed by atoms with van der Waals surface area (Å²) in [6.45, 7) is 3.27. The molecule has 5 heterocycles. The van der Waals surface area contributed by atoms with Gasteiger partial charge in [0.05, 0.1) is 29.0 Å². The van der Waals surface area contributed by atoms with Crippen LogP contribution in [0.3, 0.4) is 0 Å². The van der Waals surface area contributed by atoms with Crippen LogP contribution in [-0.2, 0) is 34.8 Å². The number of fused-ring (bicyclic) bond motifs is 7. The summed E-state index contributed by atoms with van der Waals surface area (Å²) in [7, 11) is 2.00. The van der Waals surface area contributed by atoms with Gasteiger partial charge in [0.2, 0.25) is 0 Å². The molecule has 6 rings (SSSR count). The number of benzene rings is 1. The summed E-state index contributed by atoms with van der Waals surface area (Å²) in [6.07, 6.45) is 0.124. The molecule has 3 aliphatic rings. The van der Waals surface area contributed by atoms with Crippen molar-refractivity contribution in [3.05, 3.63) is 56.9 Å². The zero-order valence-corrected chi connectivity index (χ0v) is 17.3. The second-order valence-electron chi connectivity index (χ2n) is 8.50. The highest BCUT2D eigenvalue weighted by Crippen LogP contribution is 2.40. The number of aromatic nitrogens is 2. The Morgan fingerprint density at radius 1 is 1.16 bits per heavy atom. The van der Waals surface area contributed by atoms with Crippen molar-refractivity contribution >= 4 is 16.9 Å². The predicted octanol–water partition coefficient (Wildman–Crippen LogP) is 1.86. The summed E-state index contributed by atoms with van der Waals surface area (Å²) in [6, 6.07) is 7.68. The second-order valence-corrected chi connectivity index (χ2v) is 8.50. The number of pyridine rings is 2. The van der Waals surface area contributed by atoms with E-state index in [4.69, 9.17) is 14.5 Å². The highest BCUT2D eigenvalue weighted by Gasteiger charge is 2.45. The number of cyclic esters (lactones) is 1. The topological polar surface area (TPSA) is 93.9 Å². The van der Waals surface area contributed by atoms with Gasteiger partial charge in [0.15, 0.2) is 5.60 Å². The van der Waals surface area contributed by atoms with E-state index in [1.807, 2.05) is 19.2 Å². The number of esters is 1. The zero-order chi connectivity index (χ0) is 21.5. The third kappa shape index (κ3) is 2.40. The molecule has 0 fully saturated rings. The maximum Gasteiger partial charge on any atom is 0.343 e. The molecule has 2 aromatic heterocycles. The van der Waals surface area contributed by atoms with Crippen molar-refractivity contribution in [3.8, 4) is 17.1 Å². The Labute approximate surface area is 177 Å². The summed E-state index contributed by atoms with van der Waals surface area (Å²) in [5, 5.41) is 12.0. The van der Waals surface area contributed by atoms with E-state index in [9.17, 15) is 14.7 Å². The number of rotatable bonds is 1. The molecule has 8 heteroatoms. The molecule has 3 aliphatic heterocycles. The fraction of sp³-hybridized carbons (Fsp3) is 0.348. The fourth-order valence-electron chi connectivity index (χ4n) is 4.88. The molecule has 0 amide bonds. The summed E-state index contributed by atoms with van der Waals surface area (Å²) < 4.78 is 12.6. The van der Waals surface area contributed by atoms with Crippen LogP contribution < -0.4 is 10.3 Å². The molecular formula is C23H21N3O5. The van der Waals surface area contributed by atoms with E-state index >= 15 is 0 Å². The van der Waals surface area contributed by atoms with Crippen LogP contribution in [0.4, 0.5) is 0 Å². The van der Waals surface area contributed by atoms with Gasteiger partial charge in [0, 0.05) is 28.6 Å². The number of aliphatic hydroxyl groups is 1. The third-order valence-corrected chi connectivity index (χ3v) is 6.63. The summed E-state index contributed by atoms with van der Waals surface area (Å²) in [5.74, 6) is 0.145. The molecule has 3 aromatic rings. The van der Waals surface area contributed by atoms with Crippen LogP contribution in [0.2, 0.25) is 0 Å². The fourth-order valence-corrected chi connectivity index (χ4v) is 4.88. The van der Waals surface area contributed by atoms with Crippen molar-refractivity contribution < 1.29 is 19.4 Å². The Morgan fingerprint density at radius 3 is 2.81 bits per heavy atom. The van der Waals surface area contributed by atoms with Gasteiger partial charge >= 0.3 is 5.97 Å². The largest absolute Gasteiger partial charge is 0.478 e. The Hall–Kier alpha value is -3.23. The van der Waals surface area contributed by atoms with Crippen LogP contribution in [0, 0.1) is 0 Å². The standard InChI is InChI=1S/C23H21N3O5/c1-3-23(29)16-7-18-20-12(8-26(18)21(27)15(16)10-30-22(23)28)6-13-14-9-25(2)11-31-19(14)5-4-17(13)24-20/h4-7,29H,3,8-11H2,1-2H3/t23-/m0/s1. The van der Waals surface area contributed by atoms with Crippen molar-refractivity contribution in [2.24, 2.45) is 0 Å². The van der Waals surface area contributed by atoms with Crippen molar-refractivity contribution in [1.82, 2.24) is 14.5 Å². The lowest BCUT2D eigenvalue weighted by molar-refractivity contribution is -0.172. The van der Waals surface area contributed by atoms with Gasteiger partial charge in [-0.15, -0.1) is 0 Å². The van der Waals surface area contributed by atoms with Gasteiger partial charge in [-0.1, -0.05) is 6.92 Å². The summed E-state index contributed by atoms with van der Waals surface area (Å²) >= 11 is 0. The molecule has 1 atom stereocenters. The molecule has 0 radical (unpaired) electrons. The van der Waals surface area contributed by atoms with Gasteiger partial charge < -0.3 is 19.1 Å². The van der Waals surface area contributed by atoms with Crippen LogP contribution in [0.5, 0.6) is 5.75 Å². The van der Waals surface area contributed by atoms with Crippen molar-refractivity contribution in [1.29, 1.82) is 0 Å². The lowest BCUT2D eigenvalue weighted by Crippen LogP contribution is -2.44. The minimum atomic E-state index is -1.82. The lowest BCUT2D eigenvalue weighted by atomic mass is 9.86. The second kappa shape index (κ2) is 6.15. The minimum Gasteiger partial charge on any atom is -0.478 e. The first-order valence-electron chi connectivity index (χ1n) is 10.3. The van der Waals surface area contributed by atoms with Crippen molar-refractivity contribution in [2.75, 3.05) is 13.8 Å². The van der Waals surface area contributed by atoms with E-state index in [-0.39, 0.29) is 18.6 Å². The molecule has 0 bridgehead atoms. The Kier molecular flexibility index (Phi) is 3.68. The molecular weight excluding hydrogens is 398 g/mol. The molecule has 158 valence electrons. The Balaban J connectivity index is 1.58. The van der Waals surface area contributed by atoms with Crippen LogP contribution in [0.15, 0.2) is 29.1 Å². The van der Waals surface area contributed by atoms with Gasteiger partial charge in [-0.05, 0) is 37.7 Å². The Bertz CT molecular complexity index is 1360. The van der Waals surface area contributed by atoms with Gasteiger partial charge in [-0.3, -0.25) is 9.69 Å². The smallest absolute Gasteiger partial charge is 0.343 e. The third-order valence-electron chi connectivity index (χ3n) is 6.63. The highest BCUT2D eigenvalue weighted by molar-refractivity contribution is 5.89. The number of ether oxygens (including phenoxy) is 2. The van der Waals surface area contributed by atoms with E-state index in [1.54, 1.807) is 17.6 Å². The van der Waals surface area contributed by atoms with E-state index in [0.29, 0.717) is 35.8 Å². The molecule has 1 N–H and O–H groups in total. The van der Waals surface area contributed by atoms with Crippen LogP contribution in [0.25, 0.3) is 22.3 Å². The van der Waals surface area contributed by atoms with Gasteiger partial charge in [0.1, 0.15) is 19.1 Å². The van der Waals surface area contributed by atoms with Crippen LogP contribution >= 0.6 is 0 Å². The first-order chi connectivity index (χ1) is 14.9. The maximum absolute atomic E-state index is 13.3. The molecule has 0 saturated carbocycles. The Morgan fingerprint density at radius 2 is 2.00 bits per heavy atom.